The maximum absolute atomic E-state index is 5.86. The second-order valence-corrected chi connectivity index (χ2v) is 4.17. The number of aryl methyl sites for hydroxylation is 1. The highest BCUT2D eigenvalue weighted by atomic mass is 16.6. The predicted octanol–water partition coefficient (Wildman–Crippen LogP) is 2.11. The van der Waals surface area contributed by atoms with E-state index >= 15 is 0 Å². The van der Waals surface area contributed by atoms with Crippen LogP contribution in [-0.2, 0) is 0 Å². The average Bonchev–Trinajstić information content (AvgIpc) is 2.51. The molecule has 0 saturated carbocycles. The molecule has 0 radical (unpaired) electrons. The van der Waals surface area contributed by atoms with E-state index in [0.717, 1.165) is 31.7 Å². The molecule has 1 N–H and O–H groups in total. The molecule has 0 unspecified atom stereocenters. The molecule has 1 saturated heterocycles. The van der Waals surface area contributed by atoms with Crippen molar-refractivity contribution in [3.05, 3.63) is 17.9 Å². The molecule has 78 valence electrons. The van der Waals surface area contributed by atoms with Crippen molar-refractivity contribution < 1.29 is 9.15 Å². The molecule has 0 spiro atoms. The fourth-order valence-electron chi connectivity index (χ4n) is 1.77. The maximum Gasteiger partial charge on any atom is 0.284 e. The zero-order chi connectivity index (χ0) is 10.0. The second-order valence-electron chi connectivity index (χ2n) is 4.17. The zero-order valence-electron chi connectivity index (χ0n) is 8.80. The van der Waals surface area contributed by atoms with Crippen molar-refractivity contribution in [3.63, 3.8) is 0 Å². The number of piperidine rings is 1. The Morgan fingerprint density at radius 2 is 2.07 bits per heavy atom. The molecule has 14 heavy (non-hydrogen) atoms. The number of ether oxygens (including phenoxy) is 1. The number of nitrogens with one attached hydrogen (secondary N) is 1. The highest BCUT2D eigenvalue weighted by molar-refractivity contribution is 5.11. The van der Waals surface area contributed by atoms with E-state index in [9.17, 15) is 0 Å². The topological polar surface area (TPSA) is 34.4 Å². The Morgan fingerprint density at radius 1 is 1.36 bits per heavy atom. The first-order valence-corrected chi connectivity index (χ1v) is 5.14. The fraction of sp³-hybridized carbons (Fsp3) is 0.636. The fourth-order valence-corrected chi connectivity index (χ4v) is 1.77. The standard InChI is InChI=1S/C11H17NO2/c1-9-3-4-10(13-9)14-11(2)5-7-12-8-6-11/h3-4,12H,5-8H2,1-2H3. The second kappa shape index (κ2) is 3.65. The zero-order valence-corrected chi connectivity index (χ0v) is 8.80. The molecule has 2 heterocycles. The first-order chi connectivity index (χ1) is 6.68. The molecule has 3 nitrogen and oxygen atoms in total. The van der Waals surface area contributed by atoms with E-state index in [-0.39, 0.29) is 5.60 Å². The molecule has 0 bridgehead atoms. The monoisotopic (exact) mass is 195 g/mol. The third-order valence-electron chi connectivity index (χ3n) is 2.72. The Labute approximate surface area is 84.4 Å². The van der Waals surface area contributed by atoms with Crippen LogP contribution in [0.1, 0.15) is 25.5 Å². The molecule has 3 heteroatoms. The van der Waals surface area contributed by atoms with Gasteiger partial charge in [0.2, 0.25) is 0 Å². The Bertz CT molecular complexity index is 300. The van der Waals surface area contributed by atoms with Gasteiger partial charge >= 0.3 is 0 Å². The molecular formula is C11H17NO2. The summed E-state index contributed by atoms with van der Waals surface area (Å²) in [7, 11) is 0. The van der Waals surface area contributed by atoms with Crippen LogP contribution < -0.4 is 10.1 Å². The summed E-state index contributed by atoms with van der Waals surface area (Å²) in [6.45, 7) is 6.12. The number of rotatable bonds is 2. The van der Waals surface area contributed by atoms with Gasteiger partial charge in [-0.2, -0.15) is 0 Å². The van der Waals surface area contributed by atoms with Crippen LogP contribution in [-0.4, -0.2) is 18.7 Å². The van der Waals surface area contributed by atoms with E-state index in [1.807, 2.05) is 19.1 Å². The highest BCUT2D eigenvalue weighted by Crippen LogP contribution is 2.27. The van der Waals surface area contributed by atoms with Crippen molar-refractivity contribution in [2.24, 2.45) is 0 Å². The van der Waals surface area contributed by atoms with Crippen LogP contribution in [0.25, 0.3) is 0 Å². The minimum atomic E-state index is -0.0600. The minimum Gasteiger partial charge on any atom is -0.459 e. The third kappa shape index (κ3) is 2.10. The van der Waals surface area contributed by atoms with Gasteiger partial charge in [-0.25, -0.2) is 0 Å². The quantitative estimate of drug-likeness (QED) is 0.784. The Balaban J connectivity index is 2.01. The van der Waals surface area contributed by atoms with Crippen molar-refractivity contribution in [2.75, 3.05) is 13.1 Å². The lowest BCUT2D eigenvalue weighted by Crippen LogP contribution is -2.43. The van der Waals surface area contributed by atoms with Gasteiger partial charge < -0.3 is 14.5 Å². The minimum absolute atomic E-state index is 0.0600. The Hall–Kier alpha value is -0.960. The molecule has 0 aromatic carbocycles. The summed E-state index contributed by atoms with van der Waals surface area (Å²) in [5.74, 6) is 1.55. The number of hydrogen-bond acceptors (Lipinski definition) is 3. The van der Waals surface area contributed by atoms with Gasteiger partial charge in [-0.05, 0) is 45.8 Å². The van der Waals surface area contributed by atoms with Crippen molar-refractivity contribution in [1.82, 2.24) is 5.32 Å². The molecule has 1 aromatic rings. The van der Waals surface area contributed by atoms with E-state index in [1.165, 1.54) is 0 Å². The van der Waals surface area contributed by atoms with Crippen LogP contribution >= 0.6 is 0 Å². The molecule has 1 fully saturated rings. The van der Waals surface area contributed by atoms with Crippen molar-refractivity contribution in [3.8, 4) is 5.95 Å². The van der Waals surface area contributed by atoms with E-state index in [0.29, 0.717) is 5.95 Å². The molecule has 1 aromatic heterocycles. The summed E-state index contributed by atoms with van der Waals surface area (Å²) in [6.07, 6.45) is 2.07. The van der Waals surface area contributed by atoms with Crippen molar-refractivity contribution in [1.29, 1.82) is 0 Å². The summed E-state index contributed by atoms with van der Waals surface area (Å²) in [6, 6.07) is 3.82. The molecule has 2 rings (SSSR count). The molecular weight excluding hydrogens is 178 g/mol. The van der Waals surface area contributed by atoms with Gasteiger partial charge in [0, 0.05) is 6.07 Å². The van der Waals surface area contributed by atoms with Crippen LogP contribution in [0.3, 0.4) is 0 Å². The van der Waals surface area contributed by atoms with Gasteiger partial charge in [-0.15, -0.1) is 0 Å². The summed E-state index contributed by atoms with van der Waals surface area (Å²) < 4.78 is 11.3. The molecule has 0 aliphatic carbocycles. The van der Waals surface area contributed by atoms with Gasteiger partial charge in [0.05, 0.1) is 0 Å². The third-order valence-corrected chi connectivity index (χ3v) is 2.72. The van der Waals surface area contributed by atoms with E-state index in [2.05, 4.69) is 12.2 Å². The highest BCUT2D eigenvalue weighted by Gasteiger charge is 2.29. The van der Waals surface area contributed by atoms with Crippen LogP contribution in [0, 0.1) is 6.92 Å². The molecule has 0 atom stereocenters. The van der Waals surface area contributed by atoms with Crippen LogP contribution in [0.15, 0.2) is 16.5 Å². The van der Waals surface area contributed by atoms with Crippen LogP contribution in [0.2, 0.25) is 0 Å². The lowest BCUT2D eigenvalue weighted by molar-refractivity contribution is 0.0311. The van der Waals surface area contributed by atoms with E-state index in [1.54, 1.807) is 0 Å². The van der Waals surface area contributed by atoms with Crippen LogP contribution in [0.4, 0.5) is 0 Å². The lowest BCUT2D eigenvalue weighted by atomic mass is 9.95. The molecule has 1 aliphatic heterocycles. The summed E-state index contributed by atoms with van der Waals surface area (Å²) in [5, 5.41) is 3.32. The van der Waals surface area contributed by atoms with Crippen molar-refractivity contribution >= 4 is 0 Å². The summed E-state index contributed by atoms with van der Waals surface area (Å²) in [5.41, 5.74) is -0.0600. The smallest absolute Gasteiger partial charge is 0.284 e. The van der Waals surface area contributed by atoms with Gasteiger partial charge in [0.1, 0.15) is 11.4 Å². The lowest BCUT2D eigenvalue weighted by Gasteiger charge is -2.33. The summed E-state index contributed by atoms with van der Waals surface area (Å²) in [4.78, 5) is 0. The maximum atomic E-state index is 5.86. The molecule has 0 amide bonds. The van der Waals surface area contributed by atoms with Crippen molar-refractivity contribution in [2.45, 2.75) is 32.3 Å². The van der Waals surface area contributed by atoms with Crippen LogP contribution in [0.5, 0.6) is 5.95 Å². The first kappa shape index (κ1) is 9.59. The summed E-state index contributed by atoms with van der Waals surface area (Å²) >= 11 is 0. The largest absolute Gasteiger partial charge is 0.459 e. The Kier molecular flexibility index (Phi) is 2.50. The SMILES string of the molecule is Cc1ccc(OC2(C)CCNCC2)o1. The van der Waals surface area contributed by atoms with Gasteiger partial charge in [0.25, 0.3) is 5.95 Å². The predicted molar refractivity (Wildman–Crippen MR) is 54.6 cm³/mol. The first-order valence-electron chi connectivity index (χ1n) is 5.14. The van der Waals surface area contributed by atoms with Gasteiger partial charge in [-0.1, -0.05) is 0 Å². The van der Waals surface area contributed by atoms with Gasteiger partial charge in [-0.3, -0.25) is 0 Å². The normalized spacial score (nSPS) is 20.7. The molecule has 1 aliphatic rings. The van der Waals surface area contributed by atoms with E-state index < -0.39 is 0 Å². The number of hydrogen-bond donors (Lipinski definition) is 1. The van der Waals surface area contributed by atoms with Gasteiger partial charge in [0.15, 0.2) is 0 Å². The average molecular weight is 195 g/mol. The van der Waals surface area contributed by atoms with E-state index in [4.69, 9.17) is 9.15 Å². The number of furan rings is 1. The Morgan fingerprint density at radius 3 is 2.64 bits per heavy atom.